The zero-order chi connectivity index (χ0) is 14.8. The molecule has 2 heterocycles. The van der Waals surface area contributed by atoms with Crippen LogP contribution in [0.2, 0.25) is 0 Å². The molecule has 4 heteroatoms. The molecule has 21 heavy (non-hydrogen) atoms. The van der Waals surface area contributed by atoms with Crippen molar-refractivity contribution in [3.05, 3.63) is 71.3 Å². The molecule has 0 fully saturated rings. The molecular formula is C17H18FN3. The summed E-state index contributed by atoms with van der Waals surface area (Å²) >= 11 is 0. The average molecular weight is 283 g/mol. The van der Waals surface area contributed by atoms with Crippen LogP contribution in [0.25, 0.3) is 5.52 Å². The Morgan fingerprint density at radius 2 is 2.14 bits per heavy atom. The molecule has 0 aliphatic carbocycles. The number of halogens is 1. The lowest BCUT2D eigenvalue weighted by Crippen LogP contribution is -2.22. The van der Waals surface area contributed by atoms with E-state index in [1.54, 1.807) is 13.0 Å². The molecule has 0 aliphatic heterocycles. The van der Waals surface area contributed by atoms with Crippen LogP contribution >= 0.6 is 0 Å². The number of hydrogen-bond acceptors (Lipinski definition) is 2. The van der Waals surface area contributed by atoms with E-state index in [-0.39, 0.29) is 11.9 Å². The van der Waals surface area contributed by atoms with Crippen LogP contribution in [0.15, 0.2) is 48.8 Å². The number of rotatable bonds is 4. The first-order valence-corrected chi connectivity index (χ1v) is 7.12. The summed E-state index contributed by atoms with van der Waals surface area (Å²) in [5, 5.41) is 7.79. The van der Waals surface area contributed by atoms with Crippen molar-refractivity contribution in [2.75, 3.05) is 6.54 Å². The van der Waals surface area contributed by atoms with E-state index in [0.717, 1.165) is 23.2 Å². The number of benzene rings is 1. The highest BCUT2D eigenvalue weighted by atomic mass is 19.1. The maximum Gasteiger partial charge on any atom is 0.126 e. The van der Waals surface area contributed by atoms with Gasteiger partial charge in [0.25, 0.3) is 0 Å². The Labute approximate surface area is 123 Å². The van der Waals surface area contributed by atoms with Gasteiger partial charge in [-0.3, -0.25) is 0 Å². The van der Waals surface area contributed by atoms with Crippen LogP contribution in [0.1, 0.15) is 29.7 Å². The highest BCUT2D eigenvalue weighted by Gasteiger charge is 2.18. The summed E-state index contributed by atoms with van der Waals surface area (Å²) < 4.78 is 15.7. The minimum absolute atomic E-state index is 0.0648. The van der Waals surface area contributed by atoms with E-state index in [4.69, 9.17) is 0 Å². The Morgan fingerprint density at radius 3 is 2.90 bits per heavy atom. The van der Waals surface area contributed by atoms with Gasteiger partial charge in [0.15, 0.2) is 0 Å². The molecule has 3 rings (SSSR count). The minimum Gasteiger partial charge on any atom is -0.306 e. The predicted molar refractivity (Wildman–Crippen MR) is 81.8 cm³/mol. The minimum atomic E-state index is -0.174. The molecule has 108 valence electrons. The van der Waals surface area contributed by atoms with Gasteiger partial charge in [0.05, 0.1) is 17.8 Å². The van der Waals surface area contributed by atoms with Crippen molar-refractivity contribution in [2.24, 2.45) is 0 Å². The molecule has 0 spiro atoms. The monoisotopic (exact) mass is 283 g/mol. The molecule has 0 amide bonds. The van der Waals surface area contributed by atoms with Crippen LogP contribution in [0, 0.1) is 12.7 Å². The van der Waals surface area contributed by atoms with Gasteiger partial charge in [0.1, 0.15) is 5.82 Å². The Morgan fingerprint density at radius 1 is 1.29 bits per heavy atom. The van der Waals surface area contributed by atoms with Crippen molar-refractivity contribution in [2.45, 2.75) is 19.9 Å². The average Bonchev–Trinajstić information content (AvgIpc) is 2.92. The van der Waals surface area contributed by atoms with E-state index in [2.05, 4.69) is 10.4 Å². The third kappa shape index (κ3) is 2.54. The van der Waals surface area contributed by atoms with E-state index >= 15 is 0 Å². The summed E-state index contributed by atoms with van der Waals surface area (Å²) in [6.07, 6.45) is 3.76. The number of aryl methyl sites for hydroxylation is 1. The van der Waals surface area contributed by atoms with E-state index < -0.39 is 0 Å². The summed E-state index contributed by atoms with van der Waals surface area (Å²) in [5.74, 6) is -0.174. The van der Waals surface area contributed by atoms with Crippen LogP contribution in [-0.2, 0) is 0 Å². The van der Waals surface area contributed by atoms with Gasteiger partial charge in [-0.05, 0) is 42.8 Å². The van der Waals surface area contributed by atoms with Crippen molar-refractivity contribution in [3.63, 3.8) is 0 Å². The number of fused-ring (bicyclic) bond motifs is 1. The second-order valence-corrected chi connectivity index (χ2v) is 5.13. The summed E-state index contributed by atoms with van der Waals surface area (Å²) in [7, 11) is 0. The SMILES string of the molecule is CCNC(c1ccc(C)c(F)c1)c1cnn2ccccc12. The maximum atomic E-state index is 13.9. The fourth-order valence-corrected chi connectivity index (χ4v) is 2.58. The third-order valence-corrected chi connectivity index (χ3v) is 3.70. The fraction of sp³-hybridized carbons (Fsp3) is 0.235. The number of nitrogens with one attached hydrogen (secondary N) is 1. The molecular weight excluding hydrogens is 265 g/mol. The molecule has 1 unspecified atom stereocenters. The number of pyridine rings is 1. The summed E-state index contributed by atoms with van der Waals surface area (Å²) in [6, 6.07) is 11.3. The molecule has 3 aromatic rings. The van der Waals surface area contributed by atoms with Gasteiger partial charge >= 0.3 is 0 Å². The highest BCUT2D eigenvalue weighted by molar-refractivity contribution is 5.57. The third-order valence-electron chi connectivity index (χ3n) is 3.70. The van der Waals surface area contributed by atoms with E-state index in [0.29, 0.717) is 5.56 Å². The highest BCUT2D eigenvalue weighted by Crippen LogP contribution is 2.26. The Bertz CT molecular complexity index is 764. The van der Waals surface area contributed by atoms with Gasteiger partial charge in [-0.1, -0.05) is 25.1 Å². The van der Waals surface area contributed by atoms with Crippen molar-refractivity contribution in [1.82, 2.24) is 14.9 Å². The first-order chi connectivity index (χ1) is 10.2. The Balaban J connectivity index is 2.11. The van der Waals surface area contributed by atoms with Crippen LogP contribution in [-0.4, -0.2) is 16.2 Å². The first kappa shape index (κ1) is 13.8. The zero-order valence-electron chi connectivity index (χ0n) is 12.2. The molecule has 3 nitrogen and oxygen atoms in total. The summed E-state index contributed by atoms with van der Waals surface area (Å²) in [6.45, 7) is 4.62. The van der Waals surface area contributed by atoms with Crippen LogP contribution < -0.4 is 5.32 Å². The normalized spacial score (nSPS) is 12.7. The first-order valence-electron chi connectivity index (χ1n) is 7.12. The number of aromatic nitrogens is 2. The van der Waals surface area contributed by atoms with Crippen LogP contribution in [0.3, 0.4) is 0 Å². The second-order valence-electron chi connectivity index (χ2n) is 5.13. The number of hydrogen-bond donors (Lipinski definition) is 1. The Hall–Kier alpha value is -2.20. The molecule has 0 radical (unpaired) electrons. The number of nitrogens with zero attached hydrogens (tertiary/aromatic N) is 2. The molecule has 1 atom stereocenters. The fourth-order valence-electron chi connectivity index (χ4n) is 2.58. The lowest BCUT2D eigenvalue weighted by atomic mass is 9.98. The summed E-state index contributed by atoms with van der Waals surface area (Å²) in [4.78, 5) is 0. The standard InChI is InChI=1S/C17H18FN3/c1-3-19-17(13-8-7-12(2)15(18)10-13)14-11-20-21-9-5-4-6-16(14)21/h4-11,17,19H,3H2,1-2H3. The van der Waals surface area contributed by atoms with Crippen molar-refractivity contribution in [3.8, 4) is 0 Å². The van der Waals surface area contributed by atoms with Gasteiger partial charge < -0.3 is 5.32 Å². The smallest absolute Gasteiger partial charge is 0.126 e. The molecule has 0 saturated heterocycles. The molecule has 2 aromatic heterocycles. The zero-order valence-corrected chi connectivity index (χ0v) is 12.2. The van der Waals surface area contributed by atoms with Crippen molar-refractivity contribution in [1.29, 1.82) is 0 Å². The Kier molecular flexibility index (Phi) is 3.71. The topological polar surface area (TPSA) is 29.3 Å². The largest absolute Gasteiger partial charge is 0.306 e. The van der Waals surface area contributed by atoms with Crippen LogP contribution in [0.5, 0.6) is 0 Å². The van der Waals surface area contributed by atoms with E-state index in [9.17, 15) is 4.39 Å². The van der Waals surface area contributed by atoms with Gasteiger partial charge in [-0.25, -0.2) is 8.91 Å². The van der Waals surface area contributed by atoms with Gasteiger partial charge in [-0.15, -0.1) is 0 Å². The van der Waals surface area contributed by atoms with Gasteiger partial charge in [0.2, 0.25) is 0 Å². The molecule has 1 aromatic carbocycles. The predicted octanol–water partition coefficient (Wildman–Crippen LogP) is 3.48. The molecule has 1 N–H and O–H groups in total. The van der Waals surface area contributed by atoms with E-state index in [1.807, 2.05) is 54.2 Å². The molecule has 0 bridgehead atoms. The van der Waals surface area contributed by atoms with Crippen LogP contribution in [0.4, 0.5) is 4.39 Å². The quantitative estimate of drug-likeness (QED) is 0.794. The van der Waals surface area contributed by atoms with Crippen molar-refractivity contribution >= 4 is 5.52 Å². The second kappa shape index (κ2) is 5.66. The summed E-state index contributed by atoms with van der Waals surface area (Å²) in [5.41, 5.74) is 3.66. The van der Waals surface area contributed by atoms with Gasteiger partial charge in [0, 0.05) is 11.8 Å². The van der Waals surface area contributed by atoms with Gasteiger partial charge in [-0.2, -0.15) is 5.10 Å². The lowest BCUT2D eigenvalue weighted by molar-refractivity contribution is 0.598. The van der Waals surface area contributed by atoms with Crippen molar-refractivity contribution < 1.29 is 4.39 Å². The van der Waals surface area contributed by atoms with E-state index in [1.165, 1.54) is 0 Å². The molecule has 0 saturated carbocycles. The molecule has 0 aliphatic rings. The maximum absolute atomic E-state index is 13.9. The lowest BCUT2D eigenvalue weighted by Gasteiger charge is -2.18.